The predicted octanol–water partition coefficient (Wildman–Crippen LogP) is 1.06. The minimum atomic E-state index is -4.07. The van der Waals surface area contributed by atoms with Gasteiger partial charge in [-0.05, 0) is 37.0 Å². The van der Waals surface area contributed by atoms with Gasteiger partial charge in [0.15, 0.2) is 0 Å². The Bertz CT molecular complexity index is 460. The molecule has 0 aromatic heterocycles. The first kappa shape index (κ1) is 20.4. The summed E-state index contributed by atoms with van der Waals surface area (Å²) in [5, 5.41) is 0. The van der Waals surface area contributed by atoms with E-state index in [-0.39, 0.29) is 34.5 Å². The van der Waals surface area contributed by atoms with Gasteiger partial charge in [-0.2, -0.15) is 8.42 Å². The minimum absolute atomic E-state index is 0. The summed E-state index contributed by atoms with van der Waals surface area (Å²) in [5.41, 5.74) is 1.10. The SMILES string of the molecule is O=S(=O)(O)c1ccc(CCCCCCCCCl)cc1.[Na+]. The van der Waals surface area contributed by atoms with Crippen LogP contribution in [0.3, 0.4) is 0 Å². The van der Waals surface area contributed by atoms with Crippen LogP contribution >= 0.6 is 11.6 Å². The number of rotatable bonds is 9. The molecular formula is C14H21ClNaO3S+. The van der Waals surface area contributed by atoms with Gasteiger partial charge in [0.1, 0.15) is 0 Å². The zero-order chi connectivity index (χ0) is 14.1. The second-order valence-electron chi connectivity index (χ2n) is 4.68. The largest absolute Gasteiger partial charge is 1.00 e. The van der Waals surface area contributed by atoms with Gasteiger partial charge in [0.25, 0.3) is 10.1 Å². The molecular weight excluding hydrogens is 307 g/mol. The van der Waals surface area contributed by atoms with E-state index in [2.05, 4.69) is 0 Å². The molecule has 6 heteroatoms. The Balaban J connectivity index is 0.00000361. The first-order valence-corrected chi connectivity index (χ1v) is 8.64. The summed E-state index contributed by atoms with van der Waals surface area (Å²) in [6.45, 7) is 0. The molecule has 0 bridgehead atoms. The number of benzene rings is 1. The summed E-state index contributed by atoms with van der Waals surface area (Å²) < 4.78 is 30.6. The Morgan fingerprint density at radius 3 is 1.90 bits per heavy atom. The van der Waals surface area contributed by atoms with E-state index in [1.807, 2.05) is 0 Å². The molecule has 0 atom stereocenters. The third kappa shape index (κ3) is 8.65. The van der Waals surface area contributed by atoms with E-state index in [9.17, 15) is 8.42 Å². The zero-order valence-corrected chi connectivity index (χ0v) is 15.6. The molecule has 0 saturated heterocycles. The molecule has 0 saturated carbocycles. The van der Waals surface area contributed by atoms with Gasteiger partial charge in [0.2, 0.25) is 0 Å². The average molecular weight is 328 g/mol. The van der Waals surface area contributed by atoms with E-state index in [1.165, 1.54) is 37.8 Å². The van der Waals surface area contributed by atoms with Crippen molar-refractivity contribution < 1.29 is 42.5 Å². The third-order valence-electron chi connectivity index (χ3n) is 3.07. The quantitative estimate of drug-likeness (QED) is 0.319. The smallest absolute Gasteiger partial charge is 0.282 e. The molecule has 1 aromatic rings. The van der Waals surface area contributed by atoms with Crippen molar-refractivity contribution in [1.82, 2.24) is 0 Å². The number of unbranched alkanes of at least 4 members (excludes halogenated alkanes) is 5. The van der Waals surface area contributed by atoms with Crippen LogP contribution in [0, 0.1) is 0 Å². The van der Waals surface area contributed by atoms with Crippen molar-refractivity contribution in [2.45, 2.75) is 49.8 Å². The molecule has 0 spiro atoms. The van der Waals surface area contributed by atoms with Gasteiger partial charge in [-0.15, -0.1) is 11.6 Å². The maximum atomic E-state index is 10.9. The Morgan fingerprint density at radius 1 is 0.900 bits per heavy atom. The summed E-state index contributed by atoms with van der Waals surface area (Å²) in [6, 6.07) is 6.42. The third-order valence-corrected chi connectivity index (χ3v) is 4.21. The van der Waals surface area contributed by atoms with Crippen LogP contribution in [0.15, 0.2) is 29.2 Å². The first-order valence-electron chi connectivity index (χ1n) is 6.66. The normalized spacial score (nSPS) is 11.1. The fourth-order valence-corrected chi connectivity index (χ4v) is 2.63. The fraction of sp³-hybridized carbons (Fsp3) is 0.571. The number of alkyl halides is 1. The van der Waals surface area contributed by atoms with Gasteiger partial charge in [0, 0.05) is 5.88 Å². The van der Waals surface area contributed by atoms with Gasteiger partial charge in [-0.1, -0.05) is 37.8 Å². The van der Waals surface area contributed by atoms with E-state index < -0.39 is 10.1 Å². The summed E-state index contributed by atoms with van der Waals surface area (Å²) >= 11 is 5.61. The maximum Gasteiger partial charge on any atom is 1.00 e. The number of aryl methyl sites for hydroxylation is 1. The molecule has 20 heavy (non-hydrogen) atoms. The van der Waals surface area contributed by atoms with Crippen LogP contribution in [0.5, 0.6) is 0 Å². The minimum Gasteiger partial charge on any atom is -0.282 e. The molecule has 1 N–H and O–H groups in total. The summed E-state index contributed by atoms with van der Waals surface area (Å²) in [5.74, 6) is 0.750. The molecule has 0 amide bonds. The number of hydrogen-bond donors (Lipinski definition) is 1. The molecule has 1 aromatic carbocycles. The molecule has 0 aliphatic carbocycles. The van der Waals surface area contributed by atoms with Crippen molar-refractivity contribution in [2.75, 3.05) is 5.88 Å². The van der Waals surface area contributed by atoms with Gasteiger partial charge in [-0.3, -0.25) is 4.55 Å². The van der Waals surface area contributed by atoms with Crippen molar-refractivity contribution in [2.24, 2.45) is 0 Å². The Hall–Kier alpha value is 0.420. The Kier molecular flexibility index (Phi) is 11.3. The van der Waals surface area contributed by atoms with Crippen molar-refractivity contribution in [3.8, 4) is 0 Å². The Labute approximate surface area is 149 Å². The summed E-state index contributed by atoms with van der Waals surface area (Å²) in [6.07, 6.45) is 7.98. The van der Waals surface area contributed by atoms with Crippen LogP contribution in [0.1, 0.15) is 44.1 Å². The molecule has 0 aliphatic heterocycles. The second-order valence-corrected chi connectivity index (χ2v) is 6.48. The van der Waals surface area contributed by atoms with Gasteiger partial charge >= 0.3 is 29.6 Å². The van der Waals surface area contributed by atoms with Crippen LogP contribution in [0.4, 0.5) is 0 Å². The predicted molar refractivity (Wildman–Crippen MR) is 78.4 cm³/mol. The van der Waals surface area contributed by atoms with Crippen molar-refractivity contribution >= 4 is 21.7 Å². The van der Waals surface area contributed by atoms with Crippen LogP contribution in [-0.2, 0) is 16.5 Å². The zero-order valence-electron chi connectivity index (χ0n) is 12.0. The standard InChI is InChI=1S/C14H21ClO3S.Na/c15-12-6-4-2-1-3-5-7-13-8-10-14(11-9-13)19(16,17)18;/h8-11H,1-7,12H2,(H,16,17,18);/q;+1. The fourth-order valence-electron chi connectivity index (χ4n) is 1.96. The van der Waals surface area contributed by atoms with E-state index >= 15 is 0 Å². The van der Waals surface area contributed by atoms with Crippen molar-refractivity contribution in [1.29, 1.82) is 0 Å². The number of hydrogen-bond acceptors (Lipinski definition) is 2. The van der Waals surface area contributed by atoms with Crippen LogP contribution in [-0.4, -0.2) is 18.9 Å². The van der Waals surface area contributed by atoms with Crippen LogP contribution < -0.4 is 29.6 Å². The van der Waals surface area contributed by atoms with Crippen LogP contribution in [0.25, 0.3) is 0 Å². The van der Waals surface area contributed by atoms with E-state index in [0.717, 1.165) is 30.7 Å². The van der Waals surface area contributed by atoms with Crippen molar-refractivity contribution in [3.05, 3.63) is 29.8 Å². The van der Waals surface area contributed by atoms with E-state index in [0.29, 0.717) is 0 Å². The van der Waals surface area contributed by atoms with Gasteiger partial charge < -0.3 is 0 Å². The molecule has 108 valence electrons. The maximum absolute atomic E-state index is 10.9. The average Bonchev–Trinajstić information content (AvgIpc) is 2.37. The Morgan fingerprint density at radius 2 is 1.40 bits per heavy atom. The van der Waals surface area contributed by atoms with E-state index in [1.54, 1.807) is 12.1 Å². The number of halogens is 1. The molecule has 3 nitrogen and oxygen atoms in total. The molecule has 0 unspecified atom stereocenters. The van der Waals surface area contributed by atoms with Crippen LogP contribution in [0.2, 0.25) is 0 Å². The first-order chi connectivity index (χ1) is 9.04. The van der Waals surface area contributed by atoms with Crippen molar-refractivity contribution in [3.63, 3.8) is 0 Å². The molecule has 1 rings (SSSR count). The molecule has 0 fully saturated rings. The van der Waals surface area contributed by atoms with E-state index in [4.69, 9.17) is 16.2 Å². The van der Waals surface area contributed by atoms with Gasteiger partial charge in [-0.25, -0.2) is 0 Å². The summed E-state index contributed by atoms with van der Waals surface area (Å²) in [7, 11) is -4.07. The summed E-state index contributed by atoms with van der Waals surface area (Å²) in [4.78, 5) is -0.0441. The topological polar surface area (TPSA) is 54.4 Å². The molecule has 0 radical (unpaired) electrons. The second kappa shape index (κ2) is 11.0. The molecule has 0 heterocycles. The molecule has 0 aliphatic rings. The monoisotopic (exact) mass is 327 g/mol. The van der Waals surface area contributed by atoms with Gasteiger partial charge in [0.05, 0.1) is 4.90 Å².